The molecule has 1 amide bonds. The number of anilines is 2. The van der Waals surface area contributed by atoms with Crippen molar-refractivity contribution < 1.29 is 13.2 Å². The lowest BCUT2D eigenvalue weighted by Gasteiger charge is -2.24. The van der Waals surface area contributed by atoms with Crippen LogP contribution < -0.4 is 9.62 Å². The SMILES string of the molecule is CCc1ccccc1N(CC(=O)Nc1cc(C)cc(C)c1)S(C)(=O)=O. The zero-order valence-electron chi connectivity index (χ0n) is 15.0. The van der Waals surface area contributed by atoms with Gasteiger partial charge in [0.15, 0.2) is 0 Å². The average Bonchev–Trinajstić information content (AvgIpc) is 2.50. The number of carbonyl (C=O) groups excluding carboxylic acids is 1. The lowest BCUT2D eigenvalue weighted by molar-refractivity contribution is -0.114. The first-order chi connectivity index (χ1) is 11.7. The number of amides is 1. The van der Waals surface area contributed by atoms with E-state index in [-0.39, 0.29) is 12.5 Å². The standard InChI is InChI=1S/C19H24N2O3S/c1-5-16-8-6-7-9-18(16)21(25(4,23)24)13-19(22)20-17-11-14(2)10-15(3)12-17/h6-12H,5,13H2,1-4H3,(H,20,22). The minimum atomic E-state index is -3.58. The highest BCUT2D eigenvalue weighted by Gasteiger charge is 2.22. The van der Waals surface area contributed by atoms with Crippen LogP contribution in [0.25, 0.3) is 0 Å². The molecule has 0 saturated carbocycles. The second-order valence-electron chi connectivity index (χ2n) is 6.18. The number of hydrogen-bond acceptors (Lipinski definition) is 3. The molecule has 134 valence electrons. The molecule has 0 saturated heterocycles. The quantitative estimate of drug-likeness (QED) is 0.860. The van der Waals surface area contributed by atoms with Crippen molar-refractivity contribution in [3.8, 4) is 0 Å². The normalized spacial score (nSPS) is 11.2. The van der Waals surface area contributed by atoms with Gasteiger partial charge in [0, 0.05) is 5.69 Å². The van der Waals surface area contributed by atoms with Crippen LogP contribution in [0, 0.1) is 13.8 Å². The predicted octanol–water partition coefficient (Wildman–Crippen LogP) is 3.27. The van der Waals surface area contributed by atoms with Crippen LogP contribution in [0.15, 0.2) is 42.5 Å². The topological polar surface area (TPSA) is 66.5 Å². The fourth-order valence-corrected chi connectivity index (χ4v) is 3.70. The van der Waals surface area contributed by atoms with Gasteiger partial charge in [0.25, 0.3) is 0 Å². The minimum Gasteiger partial charge on any atom is -0.324 e. The summed E-state index contributed by atoms with van der Waals surface area (Å²) in [6, 6.07) is 13.0. The van der Waals surface area contributed by atoms with Gasteiger partial charge in [-0.05, 0) is 55.2 Å². The van der Waals surface area contributed by atoms with Crippen molar-refractivity contribution in [2.45, 2.75) is 27.2 Å². The molecule has 2 rings (SSSR count). The summed E-state index contributed by atoms with van der Waals surface area (Å²) in [5.41, 5.74) is 4.16. The number of nitrogens with zero attached hydrogens (tertiary/aromatic N) is 1. The molecule has 0 radical (unpaired) electrons. The zero-order valence-corrected chi connectivity index (χ0v) is 15.9. The second kappa shape index (κ2) is 7.70. The maximum absolute atomic E-state index is 12.4. The molecule has 0 atom stereocenters. The first-order valence-electron chi connectivity index (χ1n) is 8.14. The summed E-state index contributed by atoms with van der Waals surface area (Å²) in [6.45, 7) is 5.59. The predicted molar refractivity (Wildman–Crippen MR) is 103 cm³/mol. The van der Waals surface area contributed by atoms with Crippen molar-refractivity contribution in [3.05, 3.63) is 59.2 Å². The molecule has 0 aliphatic heterocycles. The molecular weight excluding hydrogens is 336 g/mol. The molecule has 2 aromatic carbocycles. The number of nitrogens with one attached hydrogen (secondary N) is 1. The van der Waals surface area contributed by atoms with Gasteiger partial charge in [-0.2, -0.15) is 0 Å². The smallest absolute Gasteiger partial charge is 0.245 e. The maximum Gasteiger partial charge on any atom is 0.245 e. The summed E-state index contributed by atoms with van der Waals surface area (Å²) in [7, 11) is -3.58. The molecule has 0 spiro atoms. The highest BCUT2D eigenvalue weighted by molar-refractivity contribution is 7.92. The van der Waals surface area contributed by atoms with Crippen LogP contribution in [0.3, 0.4) is 0 Å². The third-order valence-corrected chi connectivity index (χ3v) is 4.96. The Morgan fingerprint density at radius 2 is 1.68 bits per heavy atom. The molecule has 2 aromatic rings. The van der Waals surface area contributed by atoms with Gasteiger partial charge in [0.05, 0.1) is 11.9 Å². The van der Waals surface area contributed by atoms with Crippen LogP contribution >= 0.6 is 0 Å². The Balaban J connectivity index is 2.27. The van der Waals surface area contributed by atoms with E-state index in [1.165, 1.54) is 0 Å². The van der Waals surface area contributed by atoms with Crippen molar-refractivity contribution >= 4 is 27.3 Å². The van der Waals surface area contributed by atoms with E-state index in [0.29, 0.717) is 17.8 Å². The summed E-state index contributed by atoms with van der Waals surface area (Å²) in [4.78, 5) is 12.4. The zero-order chi connectivity index (χ0) is 18.6. The Kier molecular flexibility index (Phi) is 5.85. The van der Waals surface area contributed by atoms with Gasteiger partial charge in [0.2, 0.25) is 15.9 Å². The summed E-state index contributed by atoms with van der Waals surface area (Å²) in [5.74, 6) is -0.374. The first kappa shape index (κ1) is 19.0. The molecule has 0 fully saturated rings. The van der Waals surface area contributed by atoms with Gasteiger partial charge in [-0.3, -0.25) is 9.10 Å². The average molecular weight is 360 g/mol. The largest absolute Gasteiger partial charge is 0.324 e. The van der Waals surface area contributed by atoms with E-state index in [2.05, 4.69) is 5.32 Å². The van der Waals surface area contributed by atoms with E-state index < -0.39 is 10.0 Å². The van der Waals surface area contributed by atoms with E-state index >= 15 is 0 Å². The molecule has 0 heterocycles. The molecule has 1 N–H and O–H groups in total. The van der Waals surface area contributed by atoms with Gasteiger partial charge in [0.1, 0.15) is 6.54 Å². The van der Waals surface area contributed by atoms with Crippen molar-refractivity contribution in [1.82, 2.24) is 0 Å². The van der Waals surface area contributed by atoms with E-state index in [0.717, 1.165) is 27.3 Å². The molecule has 0 bridgehead atoms. The number of carbonyl (C=O) groups is 1. The molecule has 6 heteroatoms. The third kappa shape index (κ3) is 5.06. The molecule has 0 aliphatic rings. The number of benzene rings is 2. The summed E-state index contributed by atoms with van der Waals surface area (Å²) in [6.07, 6.45) is 1.80. The van der Waals surface area contributed by atoms with E-state index in [1.807, 2.05) is 51.1 Å². The van der Waals surface area contributed by atoms with Crippen molar-refractivity contribution in [2.24, 2.45) is 0 Å². The van der Waals surface area contributed by atoms with Crippen LogP contribution in [0.4, 0.5) is 11.4 Å². The Morgan fingerprint density at radius 3 is 2.24 bits per heavy atom. The summed E-state index contributed by atoms with van der Waals surface area (Å²) in [5, 5.41) is 2.79. The van der Waals surface area contributed by atoms with Crippen molar-refractivity contribution in [3.63, 3.8) is 0 Å². The van der Waals surface area contributed by atoms with Crippen molar-refractivity contribution in [1.29, 1.82) is 0 Å². The van der Waals surface area contributed by atoms with E-state index in [1.54, 1.807) is 12.1 Å². The Morgan fingerprint density at radius 1 is 1.08 bits per heavy atom. The molecule has 0 aliphatic carbocycles. The van der Waals surface area contributed by atoms with Crippen LogP contribution in [0.5, 0.6) is 0 Å². The van der Waals surface area contributed by atoms with Crippen LogP contribution in [-0.4, -0.2) is 27.1 Å². The number of para-hydroxylation sites is 1. The highest BCUT2D eigenvalue weighted by Crippen LogP contribution is 2.23. The minimum absolute atomic E-state index is 0.261. The molecule has 0 unspecified atom stereocenters. The van der Waals surface area contributed by atoms with Gasteiger partial charge < -0.3 is 5.32 Å². The Labute approximate surface area is 149 Å². The number of sulfonamides is 1. The summed E-state index contributed by atoms with van der Waals surface area (Å²) < 4.78 is 25.6. The van der Waals surface area contributed by atoms with Crippen LogP contribution in [-0.2, 0) is 21.2 Å². The van der Waals surface area contributed by atoms with Gasteiger partial charge in [-0.15, -0.1) is 0 Å². The fraction of sp³-hybridized carbons (Fsp3) is 0.316. The number of hydrogen-bond donors (Lipinski definition) is 1. The van der Waals surface area contributed by atoms with Crippen molar-refractivity contribution in [2.75, 3.05) is 22.4 Å². The van der Waals surface area contributed by atoms with E-state index in [9.17, 15) is 13.2 Å². The molecule has 5 nitrogen and oxygen atoms in total. The van der Waals surface area contributed by atoms with Gasteiger partial charge in [-0.1, -0.05) is 31.2 Å². The number of rotatable bonds is 6. The second-order valence-corrected chi connectivity index (χ2v) is 8.08. The van der Waals surface area contributed by atoms with Crippen LogP contribution in [0.1, 0.15) is 23.6 Å². The third-order valence-electron chi connectivity index (χ3n) is 3.83. The van der Waals surface area contributed by atoms with Gasteiger partial charge >= 0.3 is 0 Å². The van der Waals surface area contributed by atoms with Crippen LogP contribution in [0.2, 0.25) is 0 Å². The Bertz CT molecular complexity index is 856. The Hall–Kier alpha value is -2.34. The lowest BCUT2D eigenvalue weighted by atomic mass is 10.1. The highest BCUT2D eigenvalue weighted by atomic mass is 32.2. The fourth-order valence-electron chi connectivity index (χ4n) is 2.81. The maximum atomic E-state index is 12.4. The number of aryl methyl sites for hydroxylation is 3. The van der Waals surface area contributed by atoms with E-state index in [4.69, 9.17) is 0 Å². The monoisotopic (exact) mass is 360 g/mol. The molecular formula is C19H24N2O3S. The van der Waals surface area contributed by atoms with Gasteiger partial charge in [-0.25, -0.2) is 8.42 Å². The summed E-state index contributed by atoms with van der Waals surface area (Å²) >= 11 is 0. The molecule has 0 aromatic heterocycles. The molecule has 25 heavy (non-hydrogen) atoms. The lowest BCUT2D eigenvalue weighted by Crippen LogP contribution is -2.38. The first-order valence-corrected chi connectivity index (χ1v) is 9.99.